The van der Waals surface area contributed by atoms with Gasteiger partial charge < -0.3 is 10.6 Å². The van der Waals surface area contributed by atoms with Gasteiger partial charge in [0.1, 0.15) is 5.82 Å². The second-order valence-electron chi connectivity index (χ2n) is 8.34. The van der Waals surface area contributed by atoms with Crippen molar-refractivity contribution in [2.45, 2.75) is 70.0 Å². The first-order chi connectivity index (χ1) is 14.1. The fourth-order valence-electron chi connectivity index (χ4n) is 4.47. The van der Waals surface area contributed by atoms with Crippen LogP contribution in [0.1, 0.15) is 57.2 Å². The molecule has 2 fully saturated rings. The lowest BCUT2D eigenvalue weighted by molar-refractivity contribution is -0.126. The van der Waals surface area contributed by atoms with Crippen LogP contribution in [0.4, 0.5) is 5.82 Å². The molecule has 1 amide bonds. The fraction of sp³-hybridized carbons (Fsp3) is 0.591. The number of rotatable bonds is 5. The number of hydrogen-bond acceptors (Lipinski definition) is 5. The van der Waals surface area contributed by atoms with E-state index in [2.05, 4.69) is 20.5 Å². The highest BCUT2D eigenvalue weighted by Crippen LogP contribution is 2.28. The lowest BCUT2D eigenvalue weighted by Crippen LogP contribution is -2.44. The Morgan fingerprint density at radius 1 is 1.14 bits per heavy atom. The molecule has 2 aromatic rings. The molecule has 2 aliphatic rings. The van der Waals surface area contributed by atoms with Gasteiger partial charge in [0.25, 0.3) is 0 Å². The van der Waals surface area contributed by atoms with Gasteiger partial charge in [0.15, 0.2) is 5.82 Å². The minimum atomic E-state index is -0.0622. The predicted molar refractivity (Wildman–Crippen MR) is 117 cm³/mol. The van der Waals surface area contributed by atoms with E-state index >= 15 is 0 Å². The van der Waals surface area contributed by atoms with Crippen LogP contribution in [0.25, 0.3) is 10.9 Å². The van der Waals surface area contributed by atoms with Crippen molar-refractivity contribution in [3.05, 3.63) is 29.0 Å². The number of anilines is 1. The number of halogens is 1. The normalized spacial score (nSPS) is 21.2. The molecule has 2 heterocycles. The van der Waals surface area contributed by atoms with E-state index in [0.717, 1.165) is 55.4 Å². The molecule has 7 heteroatoms. The topological polar surface area (TPSA) is 70.2 Å². The van der Waals surface area contributed by atoms with Crippen molar-refractivity contribution in [3.63, 3.8) is 0 Å². The third-order valence-electron chi connectivity index (χ3n) is 6.14. The van der Waals surface area contributed by atoms with Gasteiger partial charge in [0.05, 0.1) is 18.1 Å². The smallest absolute Gasteiger partial charge is 0.237 e. The van der Waals surface area contributed by atoms with Crippen LogP contribution in [-0.4, -0.2) is 46.5 Å². The molecule has 2 N–H and O–H groups in total. The number of amides is 1. The van der Waals surface area contributed by atoms with Gasteiger partial charge in [0.2, 0.25) is 5.91 Å². The number of nitrogens with one attached hydrogen (secondary N) is 2. The summed E-state index contributed by atoms with van der Waals surface area (Å²) in [6.45, 7) is 1.31. The van der Waals surface area contributed by atoms with E-state index in [-0.39, 0.29) is 11.9 Å². The van der Waals surface area contributed by atoms with Gasteiger partial charge in [-0.3, -0.25) is 9.69 Å². The van der Waals surface area contributed by atoms with Crippen LogP contribution in [0.2, 0.25) is 5.02 Å². The lowest BCUT2D eigenvalue weighted by atomic mass is 10.1. The minimum Gasteiger partial charge on any atom is -0.367 e. The molecule has 1 atom stereocenters. The summed E-state index contributed by atoms with van der Waals surface area (Å²) in [5, 5.41) is 8.26. The highest BCUT2D eigenvalue weighted by atomic mass is 35.5. The standard InChI is InChI=1S/C22H30ClN5O/c1-28-12-6-2-3-9-19(28)22(29)24-14-20-26-18-11-10-15(23)13-17(18)21(27-20)25-16-7-4-5-8-16/h10-11,13,16,19H,2-9,12,14H2,1H3,(H,24,29)(H,25,26,27). The van der Waals surface area contributed by atoms with Gasteiger partial charge in [-0.2, -0.15) is 0 Å². The maximum absolute atomic E-state index is 12.8. The summed E-state index contributed by atoms with van der Waals surface area (Å²) < 4.78 is 0. The second kappa shape index (κ2) is 9.26. The summed E-state index contributed by atoms with van der Waals surface area (Å²) in [6, 6.07) is 6.06. The number of likely N-dealkylation sites (N-methyl/N-ethyl adjacent to an activating group) is 1. The fourth-order valence-corrected chi connectivity index (χ4v) is 4.64. The van der Waals surface area contributed by atoms with Gasteiger partial charge in [-0.1, -0.05) is 37.3 Å². The van der Waals surface area contributed by atoms with E-state index < -0.39 is 0 Å². The van der Waals surface area contributed by atoms with Crippen molar-refractivity contribution in [3.8, 4) is 0 Å². The first-order valence-corrected chi connectivity index (χ1v) is 11.2. The first kappa shape index (κ1) is 20.4. The third-order valence-corrected chi connectivity index (χ3v) is 6.38. The van der Waals surface area contributed by atoms with Crippen LogP contribution in [0.5, 0.6) is 0 Å². The second-order valence-corrected chi connectivity index (χ2v) is 8.78. The zero-order chi connectivity index (χ0) is 20.2. The average Bonchev–Trinajstić information content (AvgIpc) is 3.12. The number of carbonyl (C=O) groups excluding carboxylic acids is 1. The molecule has 6 nitrogen and oxygen atoms in total. The number of hydrogen-bond donors (Lipinski definition) is 2. The number of nitrogens with zero attached hydrogens (tertiary/aromatic N) is 3. The lowest BCUT2D eigenvalue weighted by Gasteiger charge is -2.24. The van der Waals surface area contributed by atoms with Crippen molar-refractivity contribution in [1.82, 2.24) is 20.2 Å². The Kier molecular flexibility index (Phi) is 6.50. The molecule has 1 aliphatic heterocycles. The van der Waals surface area contributed by atoms with E-state index in [1.165, 1.54) is 19.3 Å². The molecule has 1 aromatic carbocycles. The van der Waals surface area contributed by atoms with Crippen LogP contribution in [-0.2, 0) is 11.3 Å². The molecule has 1 unspecified atom stereocenters. The molecule has 29 heavy (non-hydrogen) atoms. The summed E-state index contributed by atoms with van der Waals surface area (Å²) in [5.74, 6) is 1.52. The highest BCUT2D eigenvalue weighted by molar-refractivity contribution is 6.31. The van der Waals surface area contributed by atoms with Crippen LogP contribution < -0.4 is 10.6 Å². The third kappa shape index (κ3) is 4.98. The summed E-state index contributed by atoms with van der Waals surface area (Å²) in [6.07, 6.45) is 9.18. The summed E-state index contributed by atoms with van der Waals surface area (Å²) >= 11 is 6.22. The molecule has 1 aromatic heterocycles. The zero-order valence-electron chi connectivity index (χ0n) is 17.1. The predicted octanol–water partition coefficient (Wildman–Crippen LogP) is 4.13. The van der Waals surface area contributed by atoms with E-state index in [9.17, 15) is 4.79 Å². The molecule has 4 rings (SSSR count). The Labute approximate surface area is 177 Å². The molecule has 1 aliphatic carbocycles. The first-order valence-electron chi connectivity index (χ1n) is 10.8. The van der Waals surface area contributed by atoms with Crippen LogP contribution >= 0.6 is 11.6 Å². The molecule has 0 radical (unpaired) electrons. The Balaban J connectivity index is 1.52. The molecule has 1 saturated heterocycles. The van der Waals surface area contributed by atoms with Crippen molar-refractivity contribution < 1.29 is 4.79 Å². The van der Waals surface area contributed by atoms with Gasteiger partial charge in [-0.25, -0.2) is 9.97 Å². The Bertz CT molecular complexity index is 868. The number of benzene rings is 1. The number of carbonyl (C=O) groups is 1. The maximum Gasteiger partial charge on any atom is 0.237 e. The minimum absolute atomic E-state index is 0.0622. The van der Waals surface area contributed by atoms with Gasteiger partial charge in [-0.05, 0) is 57.5 Å². The van der Waals surface area contributed by atoms with Gasteiger partial charge in [0, 0.05) is 16.5 Å². The highest BCUT2D eigenvalue weighted by Gasteiger charge is 2.25. The molecule has 156 valence electrons. The number of likely N-dealkylation sites (tertiary alicyclic amines) is 1. The molecule has 1 saturated carbocycles. The quantitative estimate of drug-likeness (QED) is 0.768. The van der Waals surface area contributed by atoms with Crippen LogP contribution in [0, 0.1) is 0 Å². The number of aromatic nitrogens is 2. The van der Waals surface area contributed by atoms with Crippen LogP contribution in [0.15, 0.2) is 18.2 Å². The molecule has 0 bridgehead atoms. The van der Waals surface area contributed by atoms with E-state index in [0.29, 0.717) is 23.4 Å². The number of fused-ring (bicyclic) bond motifs is 1. The van der Waals surface area contributed by atoms with Crippen molar-refractivity contribution in [1.29, 1.82) is 0 Å². The SMILES string of the molecule is CN1CCCCCC1C(=O)NCc1nc(NC2CCCC2)c2cc(Cl)ccc2n1. The molecular formula is C22H30ClN5O. The average molecular weight is 416 g/mol. The zero-order valence-corrected chi connectivity index (χ0v) is 17.8. The molecule has 0 spiro atoms. The van der Waals surface area contributed by atoms with Crippen LogP contribution in [0.3, 0.4) is 0 Å². The Morgan fingerprint density at radius 3 is 2.76 bits per heavy atom. The van der Waals surface area contributed by atoms with E-state index in [1.807, 2.05) is 25.2 Å². The van der Waals surface area contributed by atoms with Gasteiger partial charge >= 0.3 is 0 Å². The van der Waals surface area contributed by atoms with Crippen molar-refractivity contribution in [2.75, 3.05) is 18.9 Å². The van der Waals surface area contributed by atoms with Gasteiger partial charge in [-0.15, -0.1) is 0 Å². The van der Waals surface area contributed by atoms with Crippen molar-refractivity contribution in [2.24, 2.45) is 0 Å². The monoisotopic (exact) mass is 415 g/mol. The van der Waals surface area contributed by atoms with E-state index in [1.54, 1.807) is 0 Å². The summed E-state index contributed by atoms with van der Waals surface area (Å²) in [5.41, 5.74) is 0.848. The van der Waals surface area contributed by atoms with E-state index in [4.69, 9.17) is 16.6 Å². The Morgan fingerprint density at radius 2 is 1.93 bits per heavy atom. The summed E-state index contributed by atoms with van der Waals surface area (Å²) in [7, 11) is 2.04. The molecular weight excluding hydrogens is 386 g/mol. The maximum atomic E-state index is 12.8. The Hall–Kier alpha value is -1.92. The largest absolute Gasteiger partial charge is 0.367 e. The van der Waals surface area contributed by atoms with Crippen molar-refractivity contribution >= 4 is 34.2 Å². The summed E-state index contributed by atoms with van der Waals surface area (Å²) in [4.78, 5) is 24.3.